The lowest BCUT2D eigenvalue weighted by Crippen LogP contribution is -2.43. The maximum absolute atomic E-state index is 13.3. The average Bonchev–Trinajstić information content (AvgIpc) is 2.83. The molecule has 0 saturated carbocycles. The van der Waals surface area contributed by atoms with Crippen molar-refractivity contribution < 1.29 is 31.1 Å². The predicted octanol–water partition coefficient (Wildman–Crippen LogP) is 8.61. The maximum atomic E-state index is 13.3. The molecular weight excluding hydrogens is 527 g/mol. The van der Waals surface area contributed by atoms with E-state index in [2.05, 4.69) is 4.90 Å². The Hall–Kier alpha value is -2.42. The summed E-state index contributed by atoms with van der Waals surface area (Å²) in [5.41, 5.74) is -1.12. The number of anilines is 1. The number of nitrogens with zero attached hydrogens (tertiary/aromatic N) is 1. The molecule has 0 amide bonds. The Bertz CT molecular complexity index is 1170. The van der Waals surface area contributed by atoms with Crippen LogP contribution in [-0.4, -0.2) is 19.2 Å². The number of alkyl halides is 6. The third kappa shape index (κ3) is 6.28. The van der Waals surface area contributed by atoms with Gasteiger partial charge < -0.3 is 9.64 Å². The van der Waals surface area contributed by atoms with Gasteiger partial charge >= 0.3 is 12.4 Å². The van der Waals surface area contributed by atoms with E-state index in [1.807, 2.05) is 30.3 Å². The van der Waals surface area contributed by atoms with Gasteiger partial charge in [-0.2, -0.15) is 26.3 Å². The molecule has 0 radical (unpaired) electrons. The van der Waals surface area contributed by atoms with Crippen LogP contribution in [0.1, 0.15) is 34.6 Å². The summed E-state index contributed by atoms with van der Waals surface area (Å²) in [6.07, 6.45) is -9.80. The Labute approximate surface area is 214 Å². The van der Waals surface area contributed by atoms with Gasteiger partial charge in [-0.3, -0.25) is 0 Å². The Balaban J connectivity index is 1.60. The molecule has 0 N–H and O–H groups in total. The molecule has 0 aliphatic carbocycles. The van der Waals surface area contributed by atoms with Crippen LogP contribution < -0.4 is 4.90 Å². The molecule has 1 aliphatic rings. The second kappa shape index (κ2) is 10.5. The van der Waals surface area contributed by atoms with Crippen molar-refractivity contribution in [3.05, 3.63) is 99.0 Å². The van der Waals surface area contributed by atoms with E-state index in [9.17, 15) is 26.3 Å². The largest absolute Gasteiger partial charge is 0.416 e. The molecule has 36 heavy (non-hydrogen) atoms. The average molecular weight is 548 g/mol. The monoisotopic (exact) mass is 547 g/mol. The lowest BCUT2D eigenvalue weighted by atomic mass is 9.87. The van der Waals surface area contributed by atoms with Crippen LogP contribution in [0.2, 0.25) is 10.0 Å². The van der Waals surface area contributed by atoms with Gasteiger partial charge in [0.1, 0.15) is 0 Å². The molecule has 0 spiro atoms. The summed E-state index contributed by atoms with van der Waals surface area (Å²) in [7, 11) is 0. The van der Waals surface area contributed by atoms with Crippen molar-refractivity contribution in [2.45, 2.75) is 37.4 Å². The summed E-state index contributed by atoms with van der Waals surface area (Å²) in [4.78, 5) is 2.15. The lowest BCUT2D eigenvalue weighted by molar-refractivity contribution is -0.143. The highest BCUT2D eigenvalue weighted by Gasteiger charge is 2.37. The van der Waals surface area contributed by atoms with Crippen LogP contribution >= 0.6 is 23.2 Å². The van der Waals surface area contributed by atoms with Crippen molar-refractivity contribution >= 4 is 28.9 Å². The highest BCUT2D eigenvalue weighted by molar-refractivity contribution is 6.42. The zero-order valence-electron chi connectivity index (χ0n) is 18.7. The van der Waals surface area contributed by atoms with E-state index in [4.69, 9.17) is 27.9 Å². The van der Waals surface area contributed by atoms with Crippen molar-refractivity contribution in [2.24, 2.45) is 0 Å². The number of hydrogen-bond acceptors (Lipinski definition) is 2. The number of piperidine rings is 1. The predicted molar refractivity (Wildman–Crippen MR) is 127 cm³/mol. The van der Waals surface area contributed by atoms with Crippen molar-refractivity contribution in [2.75, 3.05) is 18.0 Å². The molecule has 0 aromatic heterocycles. The molecule has 2 atom stereocenters. The van der Waals surface area contributed by atoms with Gasteiger partial charge in [0.25, 0.3) is 0 Å². The van der Waals surface area contributed by atoms with Crippen LogP contribution in [0.3, 0.4) is 0 Å². The Kier molecular flexibility index (Phi) is 7.78. The SMILES string of the molecule is FC(F)(F)c1cc(COC2CCN(c3ccccc3)CC2c2ccc(Cl)c(Cl)c2)cc(C(F)(F)F)c1. The van der Waals surface area contributed by atoms with Crippen molar-refractivity contribution in [3.8, 4) is 0 Å². The zero-order valence-corrected chi connectivity index (χ0v) is 20.2. The van der Waals surface area contributed by atoms with Gasteiger partial charge in [-0.1, -0.05) is 47.5 Å². The van der Waals surface area contributed by atoms with Crippen molar-refractivity contribution in [3.63, 3.8) is 0 Å². The number of hydrogen-bond donors (Lipinski definition) is 0. The standard InChI is InChI=1S/C26H21Cl2F6NO/c27-22-7-6-17(12-23(22)28)21-14-35(20-4-2-1-3-5-20)9-8-24(21)36-15-16-10-18(25(29,30)31)13-19(11-16)26(32,33)34/h1-7,10-13,21,24H,8-9,14-15H2. The van der Waals surface area contributed by atoms with Crippen LogP contribution in [0, 0.1) is 0 Å². The third-order valence-corrected chi connectivity index (χ3v) is 6.89. The first kappa shape index (κ1) is 26.6. The van der Waals surface area contributed by atoms with Gasteiger partial charge in [0, 0.05) is 24.7 Å². The third-order valence-electron chi connectivity index (χ3n) is 6.15. The van der Waals surface area contributed by atoms with Gasteiger partial charge in [-0.15, -0.1) is 0 Å². The Morgan fingerprint density at radius 2 is 1.44 bits per heavy atom. The molecule has 2 unspecified atom stereocenters. The summed E-state index contributed by atoms with van der Waals surface area (Å²) in [5, 5.41) is 0.717. The summed E-state index contributed by atoms with van der Waals surface area (Å²) in [6, 6.07) is 16.3. The molecule has 3 aromatic rings. The zero-order chi connectivity index (χ0) is 26.1. The van der Waals surface area contributed by atoms with E-state index in [1.165, 1.54) is 0 Å². The number of para-hydroxylation sites is 1. The fourth-order valence-corrected chi connectivity index (χ4v) is 4.68. The Morgan fingerprint density at radius 1 is 0.806 bits per heavy atom. The van der Waals surface area contributed by atoms with Gasteiger partial charge in [-0.25, -0.2) is 0 Å². The lowest BCUT2D eigenvalue weighted by Gasteiger charge is -2.40. The van der Waals surface area contributed by atoms with Crippen LogP contribution in [0.25, 0.3) is 0 Å². The molecule has 192 valence electrons. The molecule has 1 fully saturated rings. The number of benzene rings is 3. The first-order valence-electron chi connectivity index (χ1n) is 11.1. The van der Waals surface area contributed by atoms with Crippen LogP contribution in [0.5, 0.6) is 0 Å². The summed E-state index contributed by atoms with van der Waals surface area (Å²) in [5.74, 6) is -0.249. The molecule has 1 heterocycles. The highest BCUT2D eigenvalue weighted by Crippen LogP contribution is 2.38. The smallest absolute Gasteiger partial charge is 0.373 e. The van der Waals surface area contributed by atoms with E-state index in [-0.39, 0.29) is 17.5 Å². The van der Waals surface area contributed by atoms with E-state index < -0.39 is 36.2 Å². The van der Waals surface area contributed by atoms with E-state index >= 15 is 0 Å². The second-order valence-corrected chi connectivity index (χ2v) is 9.43. The summed E-state index contributed by atoms with van der Waals surface area (Å²) < 4.78 is 85.5. The topological polar surface area (TPSA) is 12.5 Å². The summed E-state index contributed by atoms with van der Waals surface area (Å²) >= 11 is 12.3. The number of rotatable bonds is 5. The molecule has 10 heteroatoms. The van der Waals surface area contributed by atoms with Gasteiger partial charge in [0.05, 0.1) is 33.9 Å². The second-order valence-electron chi connectivity index (χ2n) is 8.61. The molecule has 1 aliphatic heterocycles. The van der Waals surface area contributed by atoms with Crippen LogP contribution in [0.4, 0.5) is 32.0 Å². The van der Waals surface area contributed by atoms with Crippen molar-refractivity contribution in [1.82, 2.24) is 0 Å². The number of halogens is 8. The van der Waals surface area contributed by atoms with E-state index in [0.29, 0.717) is 41.7 Å². The minimum atomic E-state index is -4.92. The molecule has 1 saturated heterocycles. The molecule has 0 bridgehead atoms. The van der Waals surface area contributed by atoms with Gasteiger partial charge in [0.2, 0.25) is 0 Å². The molecular formula is C26H21Cl2F6NO. The van der Waals surface area contributed by atoms with E-state index in [1.54, 1.807) is 18.2 Å². The fraction of sp³-hybridized carbons (Fsp3) is 0.308. The quantitative estimate of drug-likeness (QED) is 0.296. The summed E-state index contributed by atoms with van der Waals surface area (Å²) in [6.45, 7) is 0.715. The molecule has 2 nitrogen and oxygen atoms in total. The molecule has 4 rings (SSSR count). The van der Waals surface area contributed by atoms with Crippen molar-refractivity contribution in [1.29, 1.82) is 0 Å². The fourth-order valence-electron chi connectivity index (χ4n) is 4.37. The minimum Gasteiger partial charge on any atom is -0.373 e. The highest BCUT2D eigenvalue weighted by atomic mass is 35.5. The first-order chi connectivity index (χ1) is 16.9. The molecule has 3 aromatic carbocycles. The van der Waals surface area contributed by atoms with Gasteiger partial charge in [-0.05, 0) is 60.0 Å². The minimum absolute atomic E-state index is 0.111. The Morgan fingerprint density at radius 3 is 2.03 bits per heavy atom. The normalized spacial score (nSPS) is 18.9. The van der Waals surface area contributed by atoms with Crippen LogP contribution in [0.15, 0.2) is 66.7 Å². The first-order valence-corrected chi connectivity index (χ1v) is 11.8. The maximum Gasteiger partial charge on any atom is 0.416 e. The van der Waals surface area contributed by atoms with Crippen LogP contribution in [-0.2, 0) is 23.7 Å². The van der Waals surface area contributed by atoms with Gasteiger partial charge in [0.15, 0.2) is 0 Å². The number of ether oxygens (including phenoxy) is 1. The van der Waals surface area contributed by atoms with E-state index in [0.717, 1.165) is 11.3 Å².